The van der Waals surface area contributed by atoms with Gasteiger partial charge in [-0.15, -0.1) is 0 Å². The lowest BCUT2D eigenvalue weighted by Gasteiger charge is -2.37. The van der Waals surface area contributed by atoms with Crippen molar-refractivity contribution < 1.29 is 14.3 Å². The lowest BCUT2D eigenvalue weighted by atomic mass is 10.0. The fourth-order valence-corrected chi connectivity index (χ4v) is 4.33. The Hall–Kier alpha value is -2.70. The van der Waals surface area contributed by atoms with Crippen molar-refractivity contribution >= 4 is 16.9 Å². The van der Waals surface area contributed by atoms with Crippen molar-refractivity contribution in [1.29, 1.82) is 0 Å². The molecule has 3 heterocycles. The molecule has 2 fully saturated rings. The van der Waals surface area contributed by atoms with E-state index in [1.165, 1.54) is 5.56 Å². The lowest BCUT2D eigenvalue weighted by molar-refractivity contribution is -0.187. The summed E-state index contributed by atoms with van der Waals surface area (Å²) < 4.78 is 13.6. The van der Waals surface area contributed by atoms with Crippen molar-refractivity contribution in [3.05, 3.63) is 66.0 Å². The third-order valence-corrected chi connectivity index (χ3v) is 5.92. The Kier molecular flexibility index (Phi) is 4.81. The molecule has 6 heteroatoms. The Morgan fingerprint density at radius 2 is 1.66 bits per heavy atom. The molecule has 2 saturated heterocycles. The van der Waals surface area contributed by atoms with Crippen LogP contribution in [0.4, 0.5) is 0 Å². The maximum atomic E-state index is 13.1. The van der Waals surface area contributed by atoms with Gasteiger partial charge in [0.2, 0.25) is 5.91 Å². The van der Waals surface area contributed by atoms with E-state index < -0.39 is 5.79 Å². The van der Waals surface area contributed by atoms with Gasteiger partial charge in [-0.25, -0.2) is 4.98 Å². The molecule has 2 aliphatic rings. The standard InChI is InChI=1S/C23H25N3O3/c27-22(25-12-10-23(11-13-25)28-14-15-29-23)17-26-20-9-5-4-8-19(20)24-21(26)16-18-6-2-1-3-7-18/h1-9H,10-17H2. The van der Waals surface area contributed by atoms with E-state index in [1.54, 1.807) is 0 Å². The first-order valence-electron chi connectivity index (χ1n) is 10.3. The number of nitrogens with zero attached hydrogens (tertiary/aromatic N) is 3. The molecule has 0 radical (unpaired) electrons. The van der Waals surface area contributed by atoms with E-state index in [1.807, 2.05) is 47.4 Å². The molecular weight excluding hydrogens is 366 g/mol. The number of carbonyl (C=O) groups excluding carboxylic acids is 1. The number of aromatic nitrogens is 2. The number of hydrogen-bond acceptors (Lipinski definition) is 4. The van der Waals surface area contributed by atoms with Crippen LogP contribution in [0.2, 0.25) is 0 Å². The van der Waals surface area contributed by atoms with E-state index in [0.29, 0.717) is 39.3 Å². The maximum absolute atomic E-state index is 13.1. The molecule has 1 aromatic heterocycles. The minimum absolute atomic E-state index is 0.121. The van der Waals surface area contributed by atoms with E-state index in [9.17, 15) is 4.79 Å². The van der Waals surface area contributed by atoms with Crippen molar-refractivity contribution in [1.82, 2.24) is 14.5 Å². The first-order chi connectivity index (χ1) is 14.2. The SMILES string of the molecule is O=C(Cn1c(Cc2ccccc2)nc2ccccc21)N1CCC2(CC1)OCCO2. The molecule has 1 amide bonds. The second-order valence-electron chi connectivity index (χ2n) is 7.75. The summed E-state index contributed by atoms with van der Waals surface area (Å²) in [6.45, 7) is 2.94. The van der Waals surface area contributed by atoms with E-state index in [0.717, 1.165) is 29.7 Å². The van der Waals surface area contributed by atoms with Crippen molar-refractivity contribution in [2.24, 2.45) is 0 Å². The fraction of sp³-hybridized carbons (Fsp3) is 0.391. The summed E-state index contributed by atoms with van der Waals surface area (Å²) in [6, 6.07) is 18.3. The normalized spacial score (nSPS) is 18.6. The summed E-state index contributed by atoms with van der Waals surface area (Å²) >= 11 is 0. The number of ether oxygens (including phenoxy) is 2. The quantitative estimate of drug-likeness (QED) is 0.686. The summed E-state index contributed by atoms with van der Waals surface area (Å²) in [5.41, 5.74) is 3.12. The van der Waals surface area contributed by atoms with Crippen LogP contribution in [-0.4, -0.2) is 52.4 Å². The number of hydrogen-bond donors (Lipinski definition) is 0. The topological polar surface area (TPSA) is 56.6 Å². The van der Waals surface area contributed by atoms with Crippen LogP contribution in [0.3, 0.4) is 0 Å². The van der Waals surface area contributed by atoms with Crippen molar-refractivity contribution in [2.45, 2.75) is 31.6 Å². The van der Waals surface area contributed by atoms with Gasteiger partial charge in [-0.05, 0) is 17.7 Å². The van der Waals surface area contributed by atoms with Crippen LogP contribution in [0.5, 0.6) is 0 Å². The molecule has 0 unspecified atom stereocenters. The molecule has 1 spiro atoms. The van der Waals surface area contributed by atoms with Gasteiger partial charge in [0, 0.05) is 32.4 Å². The van der Waals surface area contributed by atoms with Crippen LogP contribution in [0.25, 0.3) is 11.0 Å². The zero-order chi connectivity index (χ0) is 19.7. The summed E-state index contributed by atoms with van der Waals surface area (Å²) in [6.07, 6.45) is 2.17. The Morgan fingerprint density at radius 3 is 2.41 bits per heavy atom. The van der Waals surface area contributed by atoms with Crippen LogP contribution in [0, 0.1) is 0 Å². The molecule has 5 rings (SSSR count). The van der Waals surface area contributed by atoms with Gasteiger partial charge in [0.15, 0.2) is 5.79 Å². The average Bonchev–Trinajstić information content (AvgIpc) is 3.34. The molecule has 0 bridgehead atoms. The van der Waals surface area contributed by atoms with Crippen LogP contribution >= 0.6 is 0 Å². The number of para-hydroxylation sites is 2. The van der Waals surface area contributed by atoms with Crippen LogP contribution in [0.1, 0.15) is 24.2 Å². The van der Waals surface area contributed by atoms with E-state index in [2.05, 4.69) is 16.7 Å². The molecule has 2 aliphatic heterocycles. The number of amides is 1. The highest BCUT2D eigenvalue weighted by molar-refractivity contribution is 5.81. The molecule has 2 aromatic carbocycles. The van der Waals surface area contributed by atoms with E-state index >= 15 is 0 Å². The Morgan fingerprint density at radius 1 is 0.966 bits per heavy atom. The fourth-order valence-electron chi connectivity index (χ4n) is 4.33. The Balaban J connectivity index is 1.36. The number of benzene rings is 2. The number of piperidine rings is 1. The van der Waals surface area contributed by atoms with Crippen LogP contribution in [-0.2, 0) is 27.2 Å². The number of likely N-dealkylation sites (tertiary alicyclic amines) is 1. The summed E-state index contributed by atoms with van der Waals surface area (Å²) in [5, 5.41) is 0. The van der Waals surface area contributed by atoms with Crippen molar-refractivity contribution in [2.75, 3.05) is 26.3 Å². The predicted octanol–water partition coefficient (Wildman–Crippen LogP) is 2.99. The second kappa shape index (κ2) is 7.61. The molecule has 0 atom stereocenters. The molecule has 29 heavy (non-hydrogen) atoms. The third kappa shape index (κ3) is 3.66. The van der Waals surface area contributed by atoms with Gasteiger partial charge in [0.05, 0.1) is 24.2 Å². The van der Waals surface area contributed by atoms with Gasteiger partial charge >= 0.3 is 0 Å². The Labute approximate surface area is 170 Å². The summed E-state index contributed by atoms with van der Waals surface area (Å²) in [7, 11) is 0. The highest BCUT2D eigenvalue weighted by Gasteiger charge is 2.40. The summed E-state index contributed by atoms with van der Waals surface area (Å²) in [4.78, 5) is 19.9. The number of fused-ring (bicyclic) bond motifs is 1. The zero-order valence-corrected chi connectivity index (χ0v) is 16.4. The Bertz CT molecular complexity index is 999. The van der Waals surface area contributed by atoms with E-state index in [4.69, 9.17) is 14.5 Å². The molecule has 150 valence electrons. The minimum Gasteiger partial charge on any atom is -0.347 e. The van der Waals surface area contributed by atoms with Crippen LogP contribution < -0.4 is 0 Å². The number of imidazole rings is 1. The smallest absolute Gasteiger partial charge is 0.242 e. The van der Waals surface area contributed by atoms with Gasteiger partial charge in [-0.3, -0.25) is 4.79 Å². The molecule has 0 N–H and O–H groups in total. The van der Waals surface area contributed by atoms with Crippen LogP contribution in [0.15, 0.2) is 54.6 Å². The molecular formula is C23H25N3O3. The largest absolute Gasteiger partial charge is 0.347 e. The highest BCUT2D eigenvalue weighted by atomic mass is 16.7. The number of rotatable bonds is 4. The lowest BCUT2D eigenvalue weighted by Crippen LogP contribution is -2.48. The van der Waals surface area contributed by atoms with Gasteiger partial charge in [0.1, 0.15) is 12.4 Å². The molecule has 0 aliphatic carbocycles. The monoisotopic (exact) mass is 391 g/mol. The predicted molar refractivity (Wildman–Crippen MR) is 109 cm³/mol. The number of carbonyl (C=O) groups is 1. The zero-order valence-electron chi connectivity index (χ0n) is 16.4. The minimum atomic E-state index is -0.461. The molecule has 6 nitrogen and oxygen atoms in total. The molecule has 0 saturated carbocycles. The van der Waals surface area contributed by atoms with Gasteiger partial charge in [-0.1, -0.05) is 42.5 Å². The van der Waals surface area contributed by atoms with Gasteiger partial charge in [-0.2, -0.15) is 0 Å². The highest BCUT2D eigenvalue weighted by Crippen LogP contribution is 2.31. The van der Waals surface area contributed by atoms with Gasteiger partial charge < -0.3 is 18.9 Å². The van der Waals surface area contributed by atoms with Crippen molar-refractivity contribution in [3.8, 4) is 0 Å². The van der Waals surface area contributed by atoms with Crippen molar-refractivity contribution in [3.63, 3.8) is 0 Å². The average molecular weight is 391 g/mol. The first-order valence-corrected chi connectivity index (χ1v) is 10.3. The third-order valence-electron chi connectivity index (χ3n) is 5.92. The first kappa shape index (κ1) is 18.3. The van der Waals surface area contributed by atoms with Gasteiger partial charge in [0.25, 0.3) is 0 Å². The summed E-state index contributed by atoms with van der Waals surface area (Å²) in [5.74, 6) is 0.578. The molecule has 3 aromatic rings. The maximum Gasteiger partial charge on any atom is 0.242 e. The van der Waals surface area contributed by atoms with E-state index in [-0.39, 0.29) is 5.91 Å². The second-order valence-corrected chi connectivity index (χ2v) is 7.75.